The first kappa shape index (κ1) is 8.30. The zero-order valence-electron chi connectivity index (χ0n) is 6.45. The molecule has 1 aromatic rings. The van der Waals surface area contributed by atoms with Crippen molar-refractivity contribution in [2.24, 2.45) is 0 Å². The van der Waals surface area contributed by atoms with Crippen molar-refractivity contribution in [2.75, 3.05) is 0 Å². The van der Waals surface area contributed by atoms with Gasteiger partial charge in [0.1, 0.15) is 24.2 Å². The summed E-state index contributed by atoms with van der Waals surface area (Å²) in [5, 5.41) is 17.9. The number of hydrogen-bond donors (Lipinski definition) is 2. The van der Waals surface area contributed by atoms with Gasteiger partial charge in [0.2, 0.25) is 0 Å². The third-order valence-electron chi connectivity index (χ3n) is 1.55. The second kappa shape index (κ2) is 3.55. The minimum absolute atomic E-state index is 0.115. The van der Waals surface area contributed by atoms with Crippen LogP contribution in [0, 0.1) is 0 Å². The van der Waals surface area contributed by atoms with E-state index >= 15 is 0 Å². The molecule has 0 aromatic carbocycles. The Morgan fingerprint density at radius 2 is 2.27 bits per heavy atom. The first-order chi connectivity index (χ1) is 5.27. The standard InChI is InChI=1S/C8H12O3/c1-2-7(10)8-4-3-6(5-9)11-8/h3-4,7,9-10H,2,5H2,1H3. The highest BCUT2D eigenvalue weighted by molar-refractivity contribution is 5.08. The summed E-state index contributed by atoms with van der Waals surface area (Å²) >= 11 is 0. The molecule has 0 aliphatic carbocycles. The first-order valence-corrected chi connectivity index (χ1v) is 3.65. The van der Waals surface area contributed by atoms with Crippen LogP contribution in [0.2, 0.25) is 0 Å². The van der Waals surface area contributed by atoms with Crippen molar-refractivity contribution in [2.45, 2.75) is 26.1 Å². The average molecular weight is 156 g/mol. The molecule has 0 spiro atoms. The van der Waals surface area contributed by atoms with Gasteiger partial charge < -0.3 is 14.6 Å². The summed E-state index contributed by atoms with van der Waals surface area (Å²) in [6.07, 6.45) is 0.0774. The molecule has 1 heterocycles. The third-order valence-corrected chi connectivity index (χ3v) is 1.55. The van der Waals surface area contributed by atoms with Gasteiger partial charge in [-0.25, -0.2) is 0 Å². The Morgan fingerprint density at radius 3 is 2.73 bits per heavy atom. The number of hydrogen-bond acceptors (Lipinski definition) is 3. The van der Waals surface area contributed by atoms with Gasteiger partial charge in [0.05, 0.1) is 0 Å². The van der Waals surface area contributed by atoms with Crippen LogP contribution in [0.4, 0.5) is 0 Å². The molecule has 0 amide bonds. The molecule has 0 aliphatic rings. The largest absolute Gasteiger partial charge is 0.461 e. The fourth-order valence-electron chi connectivity index (χ4n) is 0.860. The maximum absolute atomic E-state index is 9.26. The predicted molar refractivity (Wildman–Crippen MR) is 39.9 cm³/mol. The monoisotopic (exact) mass is 156 g/mol. The van der Waals surface area contributed by atoms with Crippen LogP contribution in [0.25, 0.3) is 0 Å². The zero-order valence-corrected chi connectivity index (χ0v) is 6.45. The molecule has 1 aromatic heterocycles. The van der Waals surface area contributed by atoms with Crippen LogP contribution in [0.1, 0.15) is 31.0 Å². The smallest absolute Gasteiger partial charge is 0.132 e. The second-order valence-corrected chi connectivity index (χ2v) is 2.39. The molecule has 3 heteroatoms. The Bertz CT molecular complexity index is 217. The van der Waals surface area contributed by atoms with Gasteiger partial charge >= 0.3 is 0 Å². The molecule has 3 nitrogen and oxygen atoms in total. The molecular formula is C8H12O3. The number of aliphatic hydroxyl groups excluding tert-OH is 2. The number of furan rings is 1. The highest BCUT2D eigenvalue weighted by Crippen LogP contribution is 2.18. The van der Waals surface area contributed by atoms with Crippen LogP contribution >= 0.6 is 0 Å². The third kappa shape index (κ3) is 1.82. The number of aliphatic hydroxyl groups is 2. The highest BCUT2D eigenvalue weighted by atomic mass is 16.4. The van der Waals surface area contributed by atoms with Gasteiger partial charge in [-0.15, -0.1) is 0 Å². The summed E-state index contributed by atoms with van der Waals surface area (Å²) in [5.41, 5.74) is 0. The lowest BCUT2D eigenvalue weighted by Gasteiger charge is -2.01. The van der Waals surface area contributed by atoms with Gasteiger partial charge in [-0.3, -0.25) is 0 Å². The van der Waals surface area contributed by atoms with E-state index in [9.17, 15) is 5.11 Å². The molecular weight excluding hydrogens is 144 g/mol. The van der Waals surface area contributed by atoms with E-state index in [1.807, 2.05) is 6.92 Å². The molecule has 0 aliphatic heterocycles. The second-order valence-electron chi connectivity index (χ2n) is 2.39. The van der Waals surface area contributed by atoms with Crippen LogP contribution in [-0.2, 0) is 6.61 Å². The minimum atomic E-state index is -0.546. The zero-order chi connectivity index (χ0) is 8.27. The maximum Gasteiger partial charge on any atom is 0.132 e. The van der Waals surface area contributed by atoms with Gasteiger partial charge in [0.25, 0.3) is 0 Å². The van der Waals surface area contributed by atoms with Crippen molar-refractivity contribution in [3.8, 4) is 0 Å². The van der Waals surface area contributed by atoms with Crippen molar-refractivity contribution >= 4 is 0 Å². The highest BCUT2D eigenvalue weighted by Gasteiger charge is 2.08. The van der Waals surface area contributed by atoms with Crippen LogP contribution < -0.4 is 0 Å². The minimum Gasteiger partial charge on any atom is -0.461 e. The van der Waals surface area contributed by atoms with E-state index in [2.05, 4.69) is 0 Å². The normalized spacial score (nSPS) is 13.4. The SMILES string of the molecule is CCC(O)c1ccc(CO)o1. The van der Waals surface area contributed by atoms with Crippen molar-refractivity contribution in [1.82, 2.24) is 0 Å². The van der Waals surface area contributed by atoms with Crippen LogP contribution in [-0.4, -0.2) is 10.2 Å². The van der Waals surface area contributed by atoms with Gasteiger partial charge in [0.15, 0.2) is 0 Å². The molecule has 1 rings (SSSR count). The van der Waals surface area contributed by atoms with Crippen molar-refractivity contribution < 1.29 is 14.6 Å². The van der Waals surface area contributed by atoms with E-state index in [-0.39, 0.29) is 6.61 Å². The Balaban J connectivity index is 2.71. The summed E-state index contributed by atoms with van der Waals surface area (Å²) in [6.45, 7) is 1.75. The lowest BCUT2D eigenvalue weighted by molar-refractivity contribution is 0.138. The molecule has 0 radical (unpaired) electrons. The van der Waals surface area contributed by atoms with E-state index in [1.165, 1.54) is 0 Å². The molecule has 0 saturated carbocycles. The molecule has 62 valence electrons. The summed E-state index contributed by atoms with van der Waals surface area (Å²) in [7, 11) is 0. The fourth-order valence-corrected chi connectivity index (χ4v) is 0.860. The topological polar surface area (TPSA) is 53.6 Å². The Morgan fingerprint density at radius 1 is 1.55 bits per heavy atom. The first-order valence-electron chi connectivity index (χ1n) is 3.65. The Hall–Kier alpha value is -0.800. The predicted octanol–water partition coefficient (Wildman–Crippen LogP) is 1.22. The molecule has 0 fully saturated rings. The van der Waals surface area contributed by atoms with Gasteiger partial charge in [-0.05, 0) is 18.6 Å². The number of rotatable bonds is 3. The molecule has 0 saturated heterocycles. The van der Waals surface area contributed by atoms with Crippen molar-refractivity contribution in [3.05, 3.63) is 23.7 Å². The van der Waals surface area contributed by atoms with Crippen LogP contribution in [0.15, 0.2) is 16.5 Å². The van der Waals surface area contributed by atoms with E-state index in [4.69, 9.17) is 9.52 Å². The van der Waals surface area contributed by atoms with Crippen molar-refractivity contribution in [1.29, 1.82) is 0 Å². The summed E-state index contributed by atoms with van der Waals surface area (Å²) in [4.78, 5) is 0. The fraction of sp³-hybridized carbons (Fsp3) is 0.500. The summed E-state index contributed by atoms with van der Waals surface area (Å²) < 4.78 is 5.09. The molecule has 0 bridgehead atoms. The van der Waals surface area contributed by atoms with Gasteiger partial charge in [0, 0.05) is 0 Å². The Labute approximate surface area is 65.3 Å². The van der Waals surface area contributed by atoms with E-state index < -0.39 is 6.10 Å². The van der Waals surface area contributed by atoms with E-state index in [1.54, 1.807) is 12.1 Å². The van der Waals surface area contributed by atoms with Gasteiger partial charge in [-0.2, -0.15) is 0 Å². The van der Waals surface area contributed by atoms with Crippen LogP contribution in [0.5, 0.6) is 0 Å². The van der Waals surface area contributed by atoms with E-state index in [0.29, 0.717) is 17.9 Å². The molecule has 1 atom stereocenters. The summed E-state index contributed by atoms with van der Waals surface area (Å²) in [5.74, 6) is 1.02. The quantitative estimate of drug-likeness (QED) is 0.691. The average Bonchev–Trinajstić information content (AvgIpc) is 2.50. The molecule has 1 unspecified atom stereocenters. The molecule has 11 heavy (non-hydrogen) atoms. The summed E-state index contributed by atoms with van der Waals surface area (Å²) in [6, 6.07) is 3.34. The van der Waals surface area contributed by atoms with E-state index in [0.717, 1.165) is 0 Å². The molecule has 2 N–H and O–H groups in total. The Kier molecular flexibility index (Phi) is 2.68. The lowest BCUT2D eigenvalue weighted by Crippen LogP contribution is -1.91. The van der Waals surface area contributed by atoms with Crippen molar-refractivity contribution in [3.63, 3.8) is 0 Å². The van der Waals surface area contributed by atoms with Gasteiger partial charge in [-0.1, -0.05) is 6.92 Å². The lowest BCUT2D eigenvalue weighted by atomic mass is 10.2. The van der Waals surface area contributed by atoms with Crippen LogP contribution in [0.3, 0.4) is 0 Å². The maximum atomic E-state index is 9.26.